The summed E-state index contributed by atoms with van der Waals surface area (Å²) in [7, 11) is 0. The van der Waals surface area contributed by atoms with Crippen molar-refractivity contribution in [1.29, 1.82) is 5.26 Å². The first-order valence-corrected chi connectivity index (χ1v) is 6.51. The molecule has 0 amide bonds. The van der Waals surface area contributed by atoms with Gasteiger partial charge in [-0.15, -0.1) is 0 Å². The van der Waals surface area contributed by atoms with Crippen LogP contribution >= 0.6 is 0 Å². The Kier molecular flexibility index (Phi) is 2.39. The maximum Gasteiger partial charge on any atom is 0.149 e. The van der Waals surface area contributed by atoms with Gasteiger partial charge in [0.25, 0.3) is 0 Å². The van der Waals surface area contributed by atoms with Crippen LogP contribution in [0.5, 0.6) is 0 Å². The molecule has 0 radical (unpaired) electrons. The van der Waals surface area contributed by atoms with E-state index in [0.717, 1.165) is 30.8 Å². The fourth-order valence-electron chi connectivity index (χ4n) is 2.64. The Morgan fingerprint density at radius 3 is 2.53 bits per heavy atom. The summed E-state index contributed by atoms with van der Waals surface area (Å²) in [5, 5.41) is 9.35. The highest BCUT2D eigenvalue weighted by atomic mass is 14.9. The zero-order chi connectivity index (χ0) is 11.9. The van der Waals surface area contributed by atoms with E-state index in [1.807, 2.05) is 6.92 Å². The van der Waals surface area contributed by atoms with Crippen molar-refractivity contribution in [3.05, 3.63) is 23.3 Å². The number of hydrogen-bond donors (Lipinski definition) is 0. The van der Waals surface area contributed by atoms with E-state index in [0.29, 0.717) is 5.92 Å². The van der Waals surface area contributed by atoms with Gasteiger partial charge in [-0.3, -0.25) is 0 Å². The molecule has 1 aromatic heterocycles. The van der Waals surface area contributed by atoms with Gasteiger partial charge in [-0.2, -0.15) is 5.26 Å². The van der Waals surface area contributed by atoms with Crippen LogP contribution in [0, 0.1) is 18.3 Å². The van der Waals surface area contributed by atoms with Crippen LogP contribution in [0.1, 0.15) is 61.7 Å². The van der Waals surface area contributed by atoms with Crippen molar-refractivity contribution >= 4 is 0 Å². The molecule has 0 bridgehead atoms. The molecule has 1 aromatic rings. The molecular formula is C14H17N3. The first-order valence-electron chi connectivity index (χ1n) is 6.51. The highest BCUT2D eigenvalue weighted by molar-refractivity contribution is 5.28. The predicted octanol–water partition coefficient (Wildman–Crippen LogP) is 3.00. The molecule has 3 rings (SSSR count). The molecule has 2 aliphatic carbocycles. The Bertz CT molecular complexity index is 479. The average Bonchev–Trinajstić information content (AvgIpc) is 2.13. The van der Waals surface area contributed by atoms with Gasteiger partial charge in [0.05, 0.1) is 6.07 Å². The Hall–Kier alpha value is -1.43. The van der Waals surface area contributed by atoms with E-state index in [9.17, 15) is 5.26 Å². The molecule has 0 spiro atoms. The van der Waals surface area contributed by atoms with Gasteiger partial charge >= 0.3 is 0 Å². The normalized spacial score (nSPS) is 22.4. The number of nitriles is 1. The lowest BCUT2D eigenvalue weighted by molar-refractivity contribution is 0.303. The Labute approximate surface area is 102 Å². The van der Waals surface area contributed by atoms with Crippen LogP contribution < -0.4 is 0 Å². The third-order valence-electron chi connectivity index (χ3n) is 4.25. The molecule has 2 saturated carbocycles. The summed E-state index contributed by atoms with van der Waals surface area (Å²) in [5.74, 6) is 1.40. The SMILES string of the molecule is Cc1cc(C2CCC2)nc(C2(C#N)CCC2)n1. The Balaban J connectivity index is 1.99. The van der Waals surface area contributed by atoms with Crippen LogP contribution in [-0.4, -0.2) is 9.97 Å². The van der Waals surface area contributed by atoms with Gasteiger partial charge in [-0.25, -0.2) is 9.97 Å². The molecule has 17 heavy (non-hydrogen) atoms. The fraction of sp³-hybridized carbons (Fsp3) is 0.643. The maximum absolute atomic E-state index is 9.35. The molecular weight excluding hydrogens is 210 g/mol. The topological polar surface area (TPSA) is 49.6 Å². The van der Waals surface area contributed by atoms with Crippen molar-refractivity contribution in [1.82, 2.24) is 9.97 Å². The molecule has 0 aliphatic heterocycles. The fourth-order valence-corrected chi connectivity index (χ4v) is 2.64. The first-order chi connectivity index (χ1) is 8.23. The average molecular weight is 227 g/mol. The molecule has 0 unspecified atom stereocenters. The molecule has 0 aromatic carbocycles. The van der Waals surface area contributed by atoms with Gasteiger partial charge in [0.1, 0.15) is 11.2 Å². The summed E-state index contributed by atoms with van der Waals surface area (Å²) in [6, 6.07) is 4.53. The minimum Gasteiger partial charge on any atom is -0.236 e. The van der Waals surface area contributed by atoms with E-state index in [-0.39, 0.29) is 5.41 Å². The van der Waals surface area contributed by atoms with Crippen molar-refractivity contribution in [2.24, 2.45) is 0 Å². The van der Waals surface area contributed by atoms with Gasteiger partial charge in [-0.1, -0.05) is 6.42 Å². The molecule has 2 aliphatic rings. The zero-order valence-corrected chi connectivity index (χ0v) is 10.2. The second kappa shape index (κ2) is 3.80. The van der Waals surface area contributed by atoms with Gasteiger partial charge in [0.15, 0.2) is 0 Å². The number of rotatable bonds is 2. The monoisotopic (exact) mass is 227 g/mol. The lowest BCUT2D eigenvalue weighted by Crippen LogP contribution is -2.35. The minimum atomic E-state index is -0.371. The highest BCUT2D eigenvalue weighted by Crippen LogP contribution is 2.43. The van der Waals surface area contributed by atoms with Gasteiger partial charge < -0.3 is 0 Å². The van der Waals surface area contributed by atoms with Crippen molar-refractivity contribution in [3.8, 4) is 6.07 Å². The smallest absolute Gasteiger partial charge is 0.149 e. The van der Waals surface area contributed by atoms with E-state index < -0.39 is 0 Å². The molecule has 3 heteroatoms. The number of hydrogen-bond acceptors (Lipinski definition) is 3. The van der Waals surface area contributed by atoms with Crippen molar-refractivity contribution in [3.63, 3.8) is 0 Å². The van der Waals surface area contributed by atoms with Crippen LogP contribution in [0.3, 0.4) is 0 Å². The summed E-state index contributed by atoms with van der Waals surface area (Å²) in [5.41, 5.74) is 1.81. The van der Waals surface area contributed by atoms with Crippen molar-refractivity contribution < 1.29 is 0 Å². The van der Waals surface area contributed by atoms with E-state index in [2.05, 4.69) is 22.1 Å². The summed E-state index contributed by atoms with van der Waals surface area (Å²) in [4.78, 5) is 9.19. The summed E-state index contributed by atoms with van der Waals surface area (Å²) in [6.45, 7) is 2.01. The third kappa shape index (κ3) is 1.63. The van der Waals surface area contributed by atoms with Crippen molar-refractivity contribution in [2.45, 2.75) is 56.8 Å². The minimum absolute atomic E-state index is 0.371. The summed E-state index contributed by atoms with van der Waals surface area (Å²) in [6.07, 6.45) is 6.79. The van der Waals surface area contributed by atoms with E-state index in [4.69, 9.17) is 0 Å². The van der Waals surface area contributed by atoms with E-state index in [1.54, 1.807) is 0 Å². The molecule has 0 saturated heterocycles. The molecule has 3 nitrogen and oxygen atoms in total. The van der Waals surface area contributed by atoms with Gasteiger partial charge in [-0.05, 0) is 45.1 Å². The van der Waals surface area contributed by atoms with Gasteiger partial charge in [0, 0.05) is 17.3 Å². The highest BCUT2D eigenvalue weighted by Gasteiger charge is 2.42. The first kappa shape index (κ1) is 10.7. The predicted molar refractivity (Wildman–Crippen MR) is 64.5 cm³/mol. The lowest BCUT2D eigenvalue weighted by atomic mass is 9.69. The van der Waals surface area contributed by atoms with Crippen LogP contribution in [0.4, 0.5) is 0 Å². The molecule has 1 heterocycles. The van der Waals surface area contributed by atoms with Crippen LogP contribution in [-0.2, 0) is 5.41 Å². The summed E-state index contributed by atoms with van der Waals surface area (Å²) >= 11 is 0. The number of aromatic nitrogens is 2. The summed E-state index contributed by atoms with van der Waals surface area (Å²) < 4.78 is 0. The van der Waals surface area contributed by atoms with Crippen LogP contribution in [0.15, 0.2) is 6.07 Å². The van der Waals surface area contributed by atoms with Crippen LogP contribution in [0.25, 0.3) is 0 Å². The molecule has 0 atom stereocenters. The molecule has 88 valence electrons. The third-order valence-corrected chi connectivity index (χ3v) is 4.25. The second-order valence-electron chi connectivity index (χ2n) is 5.43. The van der Waals surface area contributed by atoms with Crippen LogP contribution in [0.2, 0.25) is 0 Å². The second-order valence-corrected chi connectivity index (χ2v) is 5.43. The number of nitrogens with zero attached hydrogens (tertiary/aromatic N) is 3. The molecule has 0 N–H and O–H groups in total. The zero-order valence-electron chi connectivity index (χ0n) is 10.2. The lowest BCUT2D eigenvalue weighted by Gasteiger charge is -2.34. The quantitative estimate of drug-likeness (QED) is 0.780. The largest absolute Gasteiger partial charge is 0.236 e. The number of aryl methyl sites for hydroxylation is 1. The maximum atomic E-state index is 9.35. The Morgan fingerprint density at radius 2 is 2.06 bits per heavy atom. The van der Waals surface area contributed by atoms with Crippen molar-refractivity contribution in [2.75, 3.05) is 0 Å². The van der Waals surface area contributed by atoms with Gasteiger partial charge in [0.2, 0.25) is 0 Å². The van der Waals surface area contributed by atoms with E-state index in [1.165, 1.54) is 25.0 Å². The Morgan fingerprint density at radius 1 is 1.29 bits per heavy atom. The standard InChI is InChI=1S/C14H17N3/c1-10-8-12(11-4-2-5-11)17-13(16-10)14(9-15)6-3-7-14/h8,11H,2-7H2,1H3. The van der Waals surface area contributed by atoms with E-state index >= 15 is 0 Å². The molecule has 2 fully saturated rings.